The van der Waals surface area contributed by atoms with Crippen LogP contribution < -0.4 is 11.1 Å². The number of piperidine rings is 1. The minimum Gasteiger partial charge on any atom is -0.370 e. The molecule has 2 aromatic rings. The highest BCUT2D eigenvalue weighted by Crippen LogP contribution is 2.20. The maximum Gasteiger partial charge on any atom is 0.317 e. The van der Waals surface area contributed by atoms with E-state index >= 15 is 0 Å². The molecule has 4 amide bonds. The van der Waals surface area contributed by atoms with E-state index in [1.54, 1.807) is 16.8 Å². The molecule has 4 N–H and O–H groups in total. The number of hydrogen-bond acceptors (Lipinski definition) is 3. The Hall–Kier alpha value is -2.74. The van der Waals surface area contributed by atoms with Gasteiger partial charge in [-0.15, -0.1) is 0 Å². The number of nitrogens with one attached hydrogen (secondary N) is 2. The third kappa shape index (κ3) is 5.41. The summed E-state index contributed by atoms with van der Waals surface area (Å²) in [6.45, 7) is 1.47. The van der Waals surface area contributed by atoms with E-state index < -0.39 is 5.91 Å². The summed E-state index contributed by atoms with van der Waals surface area (Å²) in [6.07, 6.45) is 1.80. The lowest BCUT2D eigenvalue weighted by Crippen LogP contribution is -2.52. The van der Waals surface area contributed by atoms with E-state index in [0.29, 0.717) is 24.7 Å². The molecule has 156 valence electrons. The second-order valence-corrected chi connectivity index (χ2v) is 7.83. The van der Waals surface area contributed by atoms with Gasteiger partial charge < -0.3 is 25.8 Å². The Bertz CT molecular complexity index is 913. The molecule has 1 aromatic carbocycles. The molecule has 2 heterocycles. The highest BCUT2D eigenvalue weighted by atomic mass is 35.5. The zero-order chi connectivity index (χ0) is 21.0. The number of nitrogens with two attached hydrogens (primary N) is 1. The van der Waals surface area contributed by atoms with Crippen molar-refractivity contribution < 1.29 is 14.4 Å². The molecule has 0 spiro atoms. The molecule has 1 aliphatic rings. The molecular weight excluding hydrogens is 394 g/mol. The van der Waals surface area contributed by atoms with Crippen LogP contribution in [0.3, 0.4) is 0 Å². The zero-order valence-corrected chi connectivity index (χ0v) is 17.2. The molecule has 0 aliphatic carbocycles. The fraction of sp³-hybridized carbons (Fsp3) is 0.450. The van der Waals surface area contributed by atoms with Crippen LogP contribution in [-0.2, 0) is 16.1 Å². The third-order valence-corrected chi connectivity index (χ3v) is 5.51. The summed E-state index contributed by atoms with van der Waals surface area (Å²) in [5.41, 5.74) is 6.97. The number of aromatic amines is 1. The molecule has 0 radical (unpaired) electrons. The quantitative estimate of drug-likeness (QED) is 0.667. The number of benzene rings is 1. The Morgan fingerprint density at radius 2 is 2.10 bits per heavy atom. The Labute approximate surface area is 174 Å². The summed E-state index contributed by atoms with van der Waals surface area (Å²) < 4.78 is 0. The number of nitrogens with zero attached hydrogens (tertiary/aromatic N) is 2. The van der Waals surface area contributed by atoms with Gasteiger partial charge in [0.15, 0.2) is 0 Å². The van der Waals surface area contributed by atoms with Gasteiger partial charge in [0.05, 0.1) is 12.6 Å². The number of carbonyl (C=O) groups is 3. The first-order valence-corrected chi connectivity index (χ1v) is 10.0. The predicted molar refractivity (Wildman–Crippen MR) is 111 cm³/mol. The molecule has 9 heteroatoms. The van der Waals surface area contributed by atoms with Crippen LogP contribution in [0.4, 0.5) is 4.79 Å². The van der Waals surface area contributed by atoms with Crippen molar-refractivity contribution in [2.24, 2.45) is 5.73 Å². The zero-order valence-electron chi connectivity index (χ0n) is 16.4. The van der Waals surface area contributed by atoms with Crippen molar-refractivity contribution in [2.45, 2.75) is 38.3 Å². The van der Waals surface area contributed by atoms with Crippen LogP contribution in [0.2, 0.25) is 5.02 Å². The van der Waals surface area contributed by atoms with Gasteiger partial charge in [-0.2, -0.15) is 0 Å². The van der Waals surface area contributed by atoms with E-state index in [4.69, 9.17) is 17.3 Å². The van der Waals surface area contributed by atoms with E-state index in [1.165, 1.54) is 0 Å². The highest BCUT2D eigenvalue weighted by Gasteiger charge is 2.28. The molecule has 1 saturated heterocycles. The van der Waals surface area contributed by atoms with Gasteiger partial charge >= 0.3 is 6.03 Å². The van der Waals surface area contributed by atoms with Crippen LogP contribution in [0.5, 0.6) is 0 Å². The largest absolute Gasteiger partial charge is 0.370 e. The number of primary amides is 1. The van der Waals surface area contributed by atoms with Crippen LogP contribution in [0, 0.1) is 0 Å². The fourth-order valence-electron chi connectivity index (χ4n) is 3.61. The fourth-order valence-corrected chi connectivity index (χ4v) is 3.79. The monoisotopic (exact) mass is 419 g/mol. The number of halogens is 1. The number of hydrogen-bond donors (Lipinski definition) is 3. The maximum atomic E-state index is 12.6. The van der Waals surface area contributed by atoms with Gasteiger partial charge in [-0.3, -0.25) is 9.59 Å². The van der Waals surface area contributed by atoms with Gasteiger partial charge in [-0.05, 0) is 37.1 Å². The number of H-pyrrole nitrogens is 1. The van der Waals surface area contributed by atoms with Crippen molar-refractivity contribution in [3.63, 3.8) is 0 Å². The average Bonchev–Trinajstić information content (AvgIpc) is 3.11. The SMILES string of the molecule is CN(C(=O)NCc1cc2cc(Cl)ccc2[nH]1)[C@@H]1CCCN(C(=O)CCC(N)=O)C1. The molecule has 3 rings (SSSR count). The lowest BCUT2D eigenvalue weighted by Gasteiger charge is -2.37. The number of rotatable bonds is 6. The van der Waals surface area contributed by atoms with Gasteiger partial charge in [-0.1, -0.05) is 11.6 Å². The van der Waals surface area contributed by atoms with Crippen molar-refractivity contribution >= 4 is 40.3 Å². The van der Waals surface area contributed by atoms with Gasteiger partial charge in [0.1, 0.15) is 0 Å². The van der Waals surface area contributed by atoms with Crippen LogP contribution in [-0.4, -0.2) is 58.8 Å². The summed E-state index contributed by atoms with van der Waals surface area (Å²) in [6, 6.07) is 7.29. The molecule has 0 saturated carbocycles. The topological polar surface area (TPSA) is 112 Å². The van der Waals surface area contributed by atoms with E-state index in [-0.39, 0.29) is 30.8 Å². The van der Waals surface area contributed by atoms with Crippen LogP contribution in [0.15, 0.2) is 24.3 Å². The van der Waals surface area contributed by atoms with Crippen LogP contribution >= 0.6 is 11.6 Å². The lowest BCUT2D eigenvalue weighted by atomic mass is 10.0. The number of likely N-dealkylation sites (tertiary alicyclic amines) is 1. The maximum absolute atomic E-state index is 12.6. The first kappa shape index (κ1) is 21.0. The predicted octanol–water partition coefficient (Wildman–Crippen LogP) is 2.22. The van der Waals surface area contributed by atoms with E-state index in [2.05, 4.69) is 10.3 Å². The van der Waals surface area contributed by atoms with Crippen molar-refractivity contribution in [3.05, 3.63) is 35.0 Å². The Morgan fingerprint density at radius 3 is 2.86 bits per heavy atom. The molecule has 1 fully saturated rings. The summed E-state index contributed by atoms with van der Waals surface area (Å²) in [4.78, 5) is 42.3. The summed E-state index contributed by atoms with van der Waals surface area (Å²) >= 11 is 6.01. The van der Waals surface area contributed by atoms with Gasteiger partial charge in [-0.25, -0.2) is 4.79 Å². The van der Waals surface area contributed by atoms with Gasteiger partial charge in [0.2, 0.25) is 11.8 Å². The smallest absolute Gasteiger partial charge is 0.317 e. The van der Waals surface area contributed by atoms with Crippen molar-refractivity contribution in [2.75, 3.05) is 20.1 Å². The number of fused-ring (bicyclic) bond motifs is 1. The number of amides is 4. The van der Waals surface area contributed by atoms with Gasteiger partial charge in [0.25, 0.3) is 0 Å². The van der Waals surface area contributed by atoms with Gasteiger partial charge in [0, 0.05) is 54.6 Å². The van der Waals surface area contributed by atoms with Crippen molar-refractivity contribution in [1.29, 1.82) is 0 Å². The molecule has 1 aromatic heterocycles. The molecule has 0 unspecified atom stereocenters. The molecule has 1 atom stereocenters. The Balaban J connectivity index is 1.53. The minimum atomic E-state index is -0.484. The lowest BCUT2D eigenvalue weighted by molar-refractivity contribution is -0.134. The molecule has 8 nitrogen and oxygen atoms in total. The Kier molecular flexibility index (Phi) is 6.64. The normalized spacial score (nSPS) is 16.6. The Morgan fingerprint density at radius 1 is 1.31 bits per heavy atom. The van der Waals surface area contributed by atoms with Crippen molar-refractivity contribution in [3.8, 4) is 0 Å². The van der Waals surface area contributed by atoms with E-state index in [9.17, 15) is 14.4 Å². The molecule has 29 heavy (non-hydrogen) atoms. The van der Waals surface area contributed by atoms with E-state index in [1.807, 2.05) is 24.3 Å². The minimum absolute atomic E-state index is 0.0477. The molecule has 1 aliphatic heterocycles. The van der Waals surface area contributed by atoms with Crippen LogP contribution in [0.1, 0.15) is 31.4 Å². The highest BCUT2D eigenvalue weighted by molar-refractivity contribution is 6.31. The second-order valence-electron chi connectivity index (χ2n) is 7.40. The average molecular weight is 420 g/mol. The summed E-state index contributed by atoms with van der Waals surface area (Å²) in [5, 5.41) is 4.57. The third-order valence-electron chi connectivity index (χ3n) is 5.27. The first-order chi connectivity index (χ1) is 13.8. The first-order valence-electron chi connectivity index (χ1n) is 9.67. The standard InChI is InChI=1S/C20H26ClN5O3/c1-25(16-3-2-8-26(12-16)19(28)7-6-18(22)27)20(29)23-11-15-10-13-9-14(21)4-5-17(13)24-15/h4-5,9-10,16,24H,2-3,6-8,11-12H2,1H3,(H2,22,27)(H,23,29)/t16-/m1/s1. The number of urea groups is 1. The second kappa shape index (κ2) is 9.17. The van der Waals surface area contributed by atoms with Crippen LogP contribution in [0.25, 0.3) is 10.9 Å². The summed E-state index contributed by atoms with van der Waals surface area (Å²) in [5.74, 6) is -0.582. The van der Waals surface area contributed by atoms with E-state index in [0.717, 1.165) is 29.4 Å². The molecular formula is C20H26ClN5O3. The summed E-state index contributed by atoms with van der Waals surface area (Å²) in [7, 11) is 1.74. The number of aromatic nitrogens is 1. The number of carbonyl (C=O) groups excluding carboxylic acids is 3. The number of likely N-dealkylation sites (N-methyl/N-ethyl adjacent to an activating group) is 1. The molecule has 0 bridgehead atoms. The van der Waals surface area contributed by atoms with Crippen molar-refractivity contribution in [1.82, 2.24) is 20.1 Å².